The second-order valence-corrected chi connectivity index (χ2v) is 8.40. The number of benzene rings is 3. The van der Waals surface area contributed by atoms with Crippen LogP contribution in [-0.4, -0.2) is 23.3 Å². The molecule has 34 heavy (non-hydrogen) atoms. The van der Waals surface area contributed by atoms with Crippen molar-refractivity contribution in [2.45, 2.75) is 18.0 Å². The van der Waals surface area contributed by atoms with E-state index in [2.05, 4.69) is 17.0 Å². The van der Waals surface area contributed by atoms with Gasteiger partial charge in [0.15, 0.2) is 0 Å². The van der Waals surface area contributed by atoms with E-state index in [0.29, 0.717) is 17.2 Å². The maximum Gasteiger partial charge on any atom is 0.416 e. The Labute approximate surface area is 200 Å². The quantitative estimate of drug-likeness (QED) is 0.386. The SMILES string of the molecule is C=CCC1(c2ccccc2)CN(C(=O)Nc2ccc(C(F)(F)F)cc2)N=C1c1ccc(Cl)cc1. The molecule has 1 aliphatic heterocycles. The molecule has 1 aliphatic rings. The summed E-state index contributed by atoms with van der Waals surface area (Å²) in [5, 5.41) is 9.18. The van der Waals surface area contributed by atoms with E-state index in [0.717, 1.165) is 23.3 Å². The summed E-state index contributed by atoms with van der Waals surface area (Å²) in [6.07, 6.45) is -2.15. The van der Waals surface area contributed by atoms with E-state index in [9.17, 15) is 18.0 Å². The van der Waals surface area contributed by atoms with E-state index in [4.69, 9.17) is 11.6 Å². The Balaban J connectivity index is 1.69. The third-order valence-electron chi connectivity index (χ3n) is 5.73. The molecule has 0 spiro atoms. The molecule has 0 aromatic heterocycles. The first-order valence-corrected chi connectivity index (χ1v) is 10.9. The number of allylic oxidation sites excluding steroid dienone is 1. The number of hydrogen-bond acceptors (Lipinski definition) is 2. The van der Waals surface area contributed by atoms with Gasteiger partial charge in [-0.1, -0.05) is 60.1 Å². The zero-order valence-corrected chi connectivity index (χ0v) is 18.8. The van der Waals surface area contributed by atoms with Crippen LogP contribution >= 0.6 is 11.6 Å². The summed E-state index contributed by atoms with van der Waals surface area (Å²) in [7, 11) is 0. The number of nitrogens with one attached hydrogen (secondary N) is 1. The first-order valence-electron chi connectivity index (χ1n) is 10.5. The Bertz CT molecular complexity index is 1210. The van der Waals surface area contributed by atoms with E-state index < -0.39 is 23.2 Å². The molecule has 1 N–H and O–H groups in total. The maximum atomic E-state index is 13.1. The Morgan fingerprint density at radius 2 is 1.71 bits per heavy atom. The smallest absolute Gasteiger partial charge is 0.306 e. The Hall–Kier alpha value is -3.58. The van der Waals surface area contributed by atoms with Crippen molar-refractivity contribution >= 4 is 29.0 Å². The molecular formula is C26H21ClF3N3O. The number of carbonyl (C=O) groups is 1. The van der Waals surface area contributed by atoms with Crippen molar-refractivity contribution < 1.29 is 18.0 Å². The minimum Gasteiger partial charge on any atom is -0.306 e. The van der Waals surface area contributed by atoms with E-state index in [-0.39, 0.29) is 12.2 Å². The van der Waals surface area contributed by atoms with Gasteiger partial charge < -0.3 is 5.32 Å². The fourth-order valence-electron chi connectivity index (χ4n) is 4.08. The minimum absolute atomic E-state index is 0.230. The highest BCUT2D eigenvalue weighted by Gasteiger charge is 2.45. The number of nitrogens with zero attached hydrogens (tertiary/aromatic N) is 2. The van der Waals surface area contributed by atoms with Gasteiger partial charge in [0.2, 0.25) is 0 Å². The van der Waals surface area contributed by atoms with Gasteiger partial charge in [0.05, 0.1) is 23.2 Å². The lowest BCUT2D eigenvalue weighted by Crippen LogP contribution is -2.41. The lowest BCUT2D eigenvalue weighted by molar-refractivity contribution is -0.137. The summed E-state index contributed by atoms with van der Waals surface area (Å²) >= 11 is 6.08. The van der Waals surface area contributed by atoms with Crippen LogP contribution in [-0.2, 0) is 11.6 Å². The number of anilines is 1. The summed E-state index contributed by atoms with van der Waals surface area (Å²) < 4.78 is 38.5. The molecule has 4 rings (SSSR count). The third-order valence-corrected chi connectivity index (χ3v) is 5.98. The molecule has 4 nitrogen and oxygen atoms in total. The van der Waals surface area contributed by atoms with Crippen molar-refractivity contribution in [2.24, 2.45) is 5.10 Å². The first-order chi connectivity index (χ1) is 16.2. The van der Waals surface area contributed by atoms with Crippen LogP contribution in [0.15, 0.2) is 96.6 Å². The van der Waals surface area contributed by atoms with Crippen LogP contribution in [0, 0.1) is 0 Å². The van der Waals surface area contributed by atoms with Crippen LogP contribution in [0.2, 0.25) is 5.02 Å². The predicted molar refractivity (Wildman–Crippen MR) is 128 cm³/mol. The van der Waals surface area contributed by atoms with E-state index in [1.807, 2.05) is 42.5 Å². The van der Waals surface area contributed by atoms with Gasteiger partial charge in [-0.3, -0.25) is 0 Å². The molecule has 0 saturated carbocycles. The number of hydrogen-bond donors (Lipinski definition) is 1. The average molecular weight is 484 g/mol. The van der Waals surface area contributed by atoms with Gasteiger partial charge >= 0.3 is 12.2 Å². The van der Waals surface area contributed by atoms with Crippen LogP contribution < -0.4 is 5.32 Å². The Kier molecular flexibility index (Phi) is 6.48. The second-order valence-electron chi connectivity index (χ2n) is 7.96. The van der Waals surface area contributed by atoms with Gasteiger partial charge in [-0.2, -0.15) is 18.3 Å². The molecule has 3 aromatic carbocycles. The Morgan fingerprint density at radius 1 is 1.06 bits per heavy atom. The van der Waals surface area contributed by atoms with Crippen molar-refractivity contribution in [3.05, 3.63) is 113 Å². The molecule has 0 aliphatic carbocycles. The summed E-state index contributed by atoms with van der Waals surface area (Å²) in [4.78, 5) is 13.1. The highest BCUT2D eigenvalue weighted by atomic mass is 35.5. The van der Waals surface area contributed by atoms with E-state index >= 15 is 0 Å². The summed E-state index contributed by atoms with van der Waals surface area (Å²) in [6.45, 7) is 4.15. The fourth-order valence-corrected chi connectivity index (χ4v) is 4.21. The van der Waals surface area contributed by atoms with Crippen LogP contribution in [0.1, 0.15) is 23.1 Å². The molecule has 1 unspecified atom stereocenters. The number of amides is 2. The molecule has 0 bridgehead atoms. The monoisotopic (exact) mass is 483 g/mol. The first kappa shape index (κ1) is 23.6. The van der Waals surface area contributed by atoms with Crippen LogP contribution in [0.4, 0.5) is 23.7 Å². The molecule has 174 valence electrons. The maximum absolute atomic E-state index is 13.1. The average Bonchev–Trinajstić information content (AvgIpc) is 3.21. The zero-order valence-electron chi connectivity index (χ0n) is 18.0. The molecule has 0 fully saturated rings. The predicted octanol–water partition coefficient (Wildman–Crippen LogP) is 7.12. The van der Waals surface area contributed by atoms with Gasteiger partial charge in [-0.15, -0.1) is 6.58 Å². The summed E-state index contributed by atoms with van der Waals surface area (Å²) in [6, 6.07) is 20.7. The van der Waals surface area contributed by atoms with Crippen molar-refractivity contribution in [3.63, 3.8) is 0 Å². The van der Waals surface area contributed by atoms with Crippen molar-refractivity contribution in [1.29, 1.82) is 0 Å². The van der Waals surface area contributed by atoms with Crippen LogP contribution in [0.25, 0.3) is 0 Å². The molecule has 3 aromatic rings. The number of carbonyl (C=O) groups excluding carboxylic acids is 1. The Morgan fingerprint density at radius 3 is 2.29 bits per heavy atom. The van der Waals surface area contributed by atoms with E-state index in [1.54, 1.807) is 18.2 Å². The van der Waals surface area contributed by atoms with Crippen LogP contribution in [0.3, 0.4) is 0 Å². The molecular weight excluding hydrogens is 463 g/mol. The molecule has 1 atom stereocenters. The highest BCUT2D eigenvalue weighted by molar-refractivity contribution is 6.30. The van der Waals surface area contributed by atoms with Crippen LogP contribution in [0.5, 0.6) is 0 Å². The number of halogens is 4. The van der Waals surface area contributed by atoms with Gasteiger partial charge in [-0.25, -0.2) is 9.80 Å². The normalized spacial score (nSPS) is 17.9. The highest BCUT2D eigenvalue weighted by Crippen LogP contribution is 2.39. The molecule has 8 heteroatoms. The number of alkyl halides is 3. The minimum atomic E-state index is -4.45. The summed E-state index contributed by atoms with van der Waals surface area (Å²) in [5.74, 6) is 0. The molecule has 0 saturated heterocycles. The largest absolute Gasteiger partial charge is 0.416 e. The summed E-state index contributed by atoms with van der Waals surface area (Å²) in [5.41, 5.74) is 1.24. The number of hydrazone groups is 1. The van der Waals surface area contributed by atoms with Gasteiger partial charge in [0.25, 0.3) is 0 Å². The molecule has 2 amide bonds. The van der Waals surface area contributed by atoms with Crippen molar-refractivity contribution in [2.75, 3.05) is 11.9 Å². The molecule has 0 radical (unpaired) electrons. The zero-order chi connectivity index (χ0) is 24.3. The standard InChI is InChI=1S/C26H21ClF3N3O/c1-2-16-25(19-6-4-3-5-7-19)17-33(32-23(25)18-8-12-21(27)13-9-18)24(34)31-22-14-10-20(11-15-22)26(28,29)30/h2-15H,1,16-17H2,(H,31,34). The number of urea groups is 1. The lowest BCUT2D eigenvalue weighted by atomic mass is 9.72. The van der Waals surface area contributed by atoms with Crippen molar-refractivity contribution in [3.8, 4) is 0 Å². The van der Waals surface area contributed by atoms with Gasteiger partial charge in [0, 0.05) is 10.7 Å². The topological polar surface area (TPSA) is 44.7 Å². The molecule has 1 heterocycles. The van der Waals surface area contributed by atoms with Gasteiger partial charge in [0.1, 0.15) is 0 Å². The van der Waals surface area contributed by atoms with Gasteiger partial charge in [-0.05, 0) is 53.9 Å². The lowest BCUT2D eigenvalue weighted by Gasteiger charge is -2.30. The third kappa shape index (κ3) is 4.70. The number of rotatable bonds is 5. The second kappa shape index (κ2) is 9.35. The van der Waals surface area contributed by atoms with E-state index in [1.165, 1.54) is 17.1 Å². The fraction of sp³-hybridized carbons (Fsp3) is 0.154. The van der Waals surface area contributed by atoms with Crippen molar-refractivity contribution in [1.82, 2.24) is 5.01 Å².